The van der Waals surface area contributed by atoms with Gasteiger partial charge in [-0.15, -0.1) is 0 Å². The molecule has 6 heteroatoms. The maximum atomic E-state index is 12.3. The Labute approximate surface area is 121 Å². The summed E-state index contributed by atoms with van der Waals surface area (Å²) in [6, 6.07) is 3.19. The lowest BCUT2D eigenvalue weighted by Crippen LogP contribution is -2.56. The van der Waals surface area contributed by atoms with Gasteiger partial charge in [-0.1, -0.05) is 11.6 Å². The number of fused-ring (bicyclic) bond motifs is 1. The van der Waals surface area contributed by atoms with E-state index in [0.29, 0.717) is 35.3 Å². The highest BCUT2D eigenvalue weighted by atomic mass is 35.5. The van der Waals surface area contributed by atoms with Gasteiger partial charge in [0, 0.05) is 5.56 Å². The van der Waals surface area contributed by atoms with Crippen molar-refractivity contribution < 1.29 is 19.4 Å². The molecule has 2 aliphatic rings. The van der Waals surface area contributed by atoms with E-state index in [0.717, 1.165) is 19.3 Å². The molecule has 108 valence electrons. The Kier molecular flexibility index (Phi) is 3.48. The zero-order chi connectivity index (χ0) is 14.2. The van der Waals surface area contributed by atoms with E-state index < -0.39 is 5.54 Å². The second kappa shape index (κ2) is 5.14. The fraction of sp³-hybridized carbons (Fsp3) is 0.500. The van der Waals surface area contributed by atoms with Crippen molar-refractivity contribution in [3.8, 4) is 11.5 Å². The number of amides is 1. The van der Waals surface area contributed by atoms with Crippen LogP contribution >= 0.6 is 11.6 Å². The Balaban J connectivity index is 1.83. The number of hydrogen-bond acceptors (Lipinski definition) is 4. The van der Waals surface area contributed by atoms with Crippen LogP contribution in [0.5, 0.6) is 11.5 Å². The molecular formula is C14H16ClNO4. The highest BCUT2D eigenvalue weighted by Gasteiger charge is 2.38. The number of carbonyl (C=O) groups is 1. The van der Waals surface area contributed by atoms with E-state index in [1.54, 1.807) is 12.1 Å². The van der Waals surface area contributed by atoms with Gasteiger partial charge < -0.3 is 19.9 Å². The molecule has 20 heavy (non-hydrogen) atoms. The van der Waals surface area contributed by atoms with Crippen molar-refractivity contribution in [3.63, 3.8) is 0 Å². The topological polar surface area (TPSA) is 67.8 Å². The van der Waals surface area contributed by atoms with Crippen LogP contribution in [-0.2, 0) is 0 Å². The highest BCUT2D eigenvalue weighted by molar-refractivity contribution is 6.32. The van der Waals surface area contributed by atoms with Crippen LogP contribution in [0.2, 0.25) is 5.02 Å². The average molecular weight is 298 g/mol. The van der Waals surface area contributed by atoms with Gasteiger partial charge in [-0.25, -0.2) is 0 Å². The summed E-state index contributed by atoms with van der Waals surface area (Å²) in [5, 5.41) is 12.6. The van der Waals surface area contributed by atoms with Crippen LogP contribution in [0, 0.1) is 0 Å². The van der Waals surface area contributed by atoms with E-state index in [1.165, 1.54) is 0 Å². The third-order valence-electron chi connectivity index (χ3n) is 3.85. The lowest BCUT2D eigenvalue weighted by atomic mass is 9.77. The van der Waals surface area contributed by atoms with Crippen LogP contribution in [0.25, 0.3) is 0 Å². The maximum absolute atomic E-state index is 12.3. The second-order valence-corrected chi connectivity index (χ2v) is 5.64. The number of halogens is 1. The van der Waals surface area contributed by atoms with E-state index in [9.17, 15) is 9.90 Å². The minimum atomic E-state index is -0.475. The number of hydrogen-bond donors (Lipinski definition) is 2. The predicted octanol–water partition coefficient (Wildman–Crippen LogP) is 1.76. The minimum absolute atomic E-state index is 0.0446. The number of rotatable bonds is 3. The van der Waals surface area contributed by atoms with Crippen molar-refractivity contribution in [1.82, 2.24) is 5.32 Å². The maximum Gasteiger partial charge on any atom is 0.251 e. The Hall–Kier alpha value is -1.46. The van der Waals surface area contributed by atoms with Crippen molar-refractivity contribution in [2.24, 2.45) is 0 Å². The molecule has 1 saturated carbocycles. The fourth-order valence-electron chi connectivity index (χ4n) is 2.48. The van der Waals surface area contributed by atoms with Gasteiger partial charge in [0.05, 0.1) is 17.2 Å². The first-order valence-electron chi connectivity index (χ1n) is 6.66. The molecule has 5 nitrogen and oxygen atoms in total. The molecule has 0 aromatic heterocycles. The molecule has 0 saturated heterocycles. The number of aliphatic hydroxyl groups is 1. The van der Waals surface area contributed by atoms with Gasteiger partial charge >= 0.3 is 0 Å². The first kappa shape index (κ1) is 13.5. The minimum Gasteiger partial charge on any atom is -0.486 e. The zero-order valence-electron chi connectivity index (χ0n) is 10.9. The van der Waals surface area contributed by atoms with Crippen molar-refractivity contribution in [2.45, 2.75) is 24.8 Å². The molecule has 1 aromatic carbocycles. The standard InChI is InChI=1S/C14H16ClNO4/c15-10-6-9(7-11-12(10)20-5-4-19-11)13(18)16-14(8-17)2-1-3-14/h6-7,17H,1-5,8H2,(H,16,18). The lowest BCUT2D eigenvalue weighted by Gasteiger charge is -2.41. The van der Waals surface area contributed by atoms with Gasteiger partial charge in [0.25, 0.3) is 5.91 Å². The highest BCUT2D eigenvalue weighted by Crippen LogP contribution is 2.39. The molecule has 1 aliphatic carbocycles. The Morgan fingerprint density at radius 1 is 1.35 bits per heavy atom. The summed E-state index contributed by atoms with van der Waals surface area (Å²) < 4.78 is 10.9. The molecule has 1 aliphatic heterocycles. The predicted molar refractivity (Wildman–Crippen MR) is 73.6 cm³/mol. The van der Waals surface area contributed by atoms with Gasteiger partial charge in [-0.2, -0.15) is 0 Å². The Bertz CT molecular complexity index is 537. The van der Waals surface area contributed by atoms with E-state index in [-0.39, 0.29) is 12.5 Å². The summed E-state index contributed by atoms with van der Waals surface area (Å²) in [6.07, 6.45) is 2.61. The number of nitrogens with one attached hydrogen (secondary N) is 1. The van der Waals surface area contributed by atoms with Crippen molar-refractivity contribution in [2.75, 3.05) is 19.8 Å². The molecule has 0 unspecified atom stereocenters. The van der Waals surface area contributed by atoms with Crippen molar-refractivity contribution >= 4 is 17.5 Å². The lowest BCUT2D eigenvalue weighted by molar-refractivity contribution is 0.0641. The number of benzene rings is 1. The van der Waals surface area contributed by atoms with Gasteiger partial charge in [-0.05, 0) is 31.4 Å². The summed E-state index contributed by atoms with van der Waals surface area (Å²) in [5.74, 6) is 0.716. The molecule has 0 spiro atoms. The van der Waals surface area contributed by atoms with Crippen LogP contribution in [0.15, 0.2) is 12.1 Å². The Morgan fingerprint density at radius 3 is 2.75 bits per heavy atom. The third kappa shape index (κ3) is 2.31. The molecule has 2 N–H and O–H groups in total. The molecule has 1 heterocycles. The second-order valence-electron chi connectivity index (χ2n) is 5.23. The van der Waals surface area contributed by atoms with Crippen LogP contribution in [-0.4, -0.2) is 36.4 Å². The molecule has 1 aromatic rings. The first-order valence-corrected chi connectivity index (χ1v) is 7.04. The monoisotopic (exact) mass is 297 g/mol. The van der Waals surface area contributed by atoms with Gasteiger partial charge in [0.1, 0.15) is 13.2 Å². The summed E-state index contributed by atoms with van der Waals surface area (Å²) in [7, 11) is 0. The molecule has 0 radical (unpaired) electrons. The summed E-state index contributed by atoms with van der Waals surface area (Å²) in [6.45, 7) is 0.845. The molecule has 0 atom stereocenters. The molecule has 3 rings (SSSR count). The third-order valence-corrected chi connectivity index (χ3v) is 4.13. The van der Waals surface area contributed by atoms with Crippen LogP contribution < -0.4 is 14.8 Å². The smallest absolute Gasteiger partial charge is 0.251 e. The SMILES string of the molecule is O=C(NC1(CO)CCC1)c1cc(Cl)c2c(c1)OCCO2. The van der Waals surface area contributed by atoms with Crippen LogP contribution in [0.1, 0.15) is 29.6 Å². The summed E-state index contributed by atoms with van der Waals surface area (Å²) in [5.41, 5.74) is -0.0597. The van der Waals surface area contributed by atoms with E-state index in [2.05, 4.69) is 5.32 Å². The van der Waals surface area contributed by atoms with Gasteiger partial charge in [0.2, 0.25) is 0 Å². The summed E-state index contributed by atoms with van der Waals surface area (Å²) in [4.78, 5) is 12.3. The quantitative estimate of drug-likeness (QED) is 0.892. The van der Waals surface area contributed by atoms with E-state index in [4.69, 9.17) is 21.1 Å². The number of carbonyl (C=O) groups excluding carboxylic acids is 1. The number of aliphatic hydroxyl groups excluding tert-OH is 1. The van der Waals surface area contributed by atoms with E-state index >= 15 is 0 Å². The van der Waals surface area contributed by atoms with Crippen molar-refractivity contribution in [3.05, 3.63) is 22.7 Å². The van der Waals surface area contributed by atoms with E-state index in [1.807, 2.05) is 0 Å². The van der Waals surface area contributed by atoms with Crippen LogP contribution in [0.4, 0.5) is 0 Å². The fourth-order valence-corrected chi connectivity index (χ4v) is 2.75. The first-order chi connectivity index (χ1) is 9.63. The molecule has 1 fully saturated rings. The largest absolute Gasteiger partial charge is 0.486 e. The normalized spacial score (nSPS) is 19.1. The molecular weight excluding hydrogens is 282 g/mol. The molecule has 0 bridgehead atoms. The zero-order valence-corrected chi connectivity index (χ0v) is 11.7. The summed E-state index contributed by atoms with van der Waals surface area (Å²) >= 11 is 6.11. The van der Waals surface area contributed by atoms with Crippen LogP contribution in [0.3, 0.4) is 0 Å². The number of ether oxygens (including phenoxy) is 2. The molecule has 1 amide bonds. The van der Waals surface area contributed by atoms with Gasteiger partial charge in [0.15, 0.2) is 11.5 Å². The average Bonchev–Trinajstić information content (AvgIpc) is 2.42. The van der Waals surface area contributed by atoms with Crippen molar-refractivity contribution in [1.29, 1.82) is 0 Å². The van der Waals surface area contributed by atoms with Gasteiger partial charge in [-0.3, -0.25) is 4.79 Å². The Morgan fingerprint density at radius 2 is 2.10 bits per heavy atom.